The van der Waals surface area contributed by atoms with Crippen LogP contribution >= 0.6 is 23.2 Å². The largest absolute Gasteiger partial charge is 1.00 e. The number of rotatable bonds is 13. The number of hydrogen-bond donors (Lipinski definition) is 3. The molecule has 94 heavy (non-hydrogen) atoms. The number of halogens is 2. The molecule has 0 bridgehead atoms. The van der Waals surface area contributed by atoms with Crippen molar-refractivity contribution in [3.8, 4) is 29.0 Å². The molecule has 9 heterocycles. The molecular weight excluding hydrogens is 1240 g/mol. The number of amides is 1. The SMILES string of the molecule is C.C.C=CC(=O)Cl.C=CC(=O)N1CCN(c2nnc(OC)c3c2CN(Cc2cc(O)ccc2C)C3)[C@@H](C)C1.COc1nnc(N2CCCC[C@@H]2C)c2c1CN(Cc1cc(O)ccc1C)C2.C[O-].Cc1ccc(O)cc1CN1Cc2c(Cl)nnc(N3CCCC[C@@H]3C)c2C1.[Na+]. The molecule has 1 amide bonds. The number of nitrogens with zero attached hydrogens (tertiary/aromatic N) is 13. The first-order valence-corrected chi connectivity index (χ1v) is 31.9. The van der Waals surface area contributed by atoms with Gasteiger partial charge in [-0.3, -0.25) is 24.3 Å². The minimum Gasteiger partial charge on any atom is -0.857 e. The monoisotopic (exact) mass is 1340 g/mol. The average Bonchev–Trinajstić information content (AvgIpc) is 1.58. The molecule has 0 spiro atoms. The van der Waals surface area contributed by atoms with Gasteiger partial charge in [-0.1, -0.05) is 57.8 Å². The Bertz CT molecular complexity index is 3550. The maximum Gasteiger partial charge on any atom is 1.00 e. The number of phenolic OH excluding ortho intramolecular Hbond substituents is 3. The predicted molar refractivity (Wildman–Crippen MR) is 367 cm³/mol. The van der Waals surface area contributed by atoms with E-state index >= 15 is 0 Å². The number of ether oxygens (including phenoxy) is 2. The molecule has 0 unspecified atom stereocenters. The van der Waals surface area contributed by atoms with Crippen LogP contribution in [0.2, 0.25) is 5.15 Å². The van der Waals surface area contributed by atoms with Gasteiger partial charge >= 0.3 is 29.6 Å². The van der Waals surface area contributed by atoms with E-state index < -0.39 is 5.24 Å². The molecule has 0 aliphatic carbocycles. The van der Waals surface area contributed by atoms with E-state index in [0.717, 1.165) is 134 Å². The first-order valence-electron chi connectivity index (χ1n) is 31.1. The van der Waals surface area contributed by atoms with Gasteiger partial charge in [-0.05, 0) is 174 Å². The van der Waals surface area contributed by atoms with Gasteiger partial charge < -0.3 is 49.5 Å². The Labute approximate surface area is 588 Å². The van der Waals surface area contributed by atoms with Crippen molar-refractivity contribution in [3.05, 3.63) is 152 Å². The van der Waals surface area contributed by atoms with Crippen molar-refractivity contribution >= 4 is 51.8 Å². The Kier molecular flexibility index (Phi) is 30.3. The second-order valence-corrected chi connectivity index (χ2v) is 24.9. The number of piperazine rings is 1. The van der Waals surface area contributed by atoms with Crippen molar-refractivity contribution in [3.63, 3.8) is 0 Å². The number of piperidine rings is 2. The minimum absolute atomic E-state index is 0. The van der Waals surface area contributed by atoms with E-state index in [1.807, 2.05) is 41.3 Å². The fraction of sp³-hybridized carbons (Fsp3) is 0.486. The zero-order valence-corrected chi connectivity index (χ0v) is 58.6. The first-order chi connectivity index (χ1) is 43.8. The van der Waals surface area contributed by atoms with Crippen LogP contribution < -0.4 is 58.8 Å². The maximum atomic E-state index is 12.0. The van der Waals surface area contributed by atoms with Crippen molar-refractivity contribution in [1.29, 1.82) is 0 Å². The van der Waals surface area contributed by atoms with Gasteiger partial charge in [-0.25, -0.2) is 0 Å². The number of carbonyl (C=O) groups is 2. The summed E-state index contributed by atoms with van der Waals surface area (Å²) in [5, 5.41) is 64.3. The summed E-state index contributed by atoms with van der Waals surface area (Å²) in [6.07, 6.45) is 9.79. The van der Waals surface area contributed by atoms with Gasteiger partial charge in [-0.2, -0.15) is 7.11 Å². The molecule has 3 saturated heterocycles. The number of phenols is 3. The minimum atomic E-state index is -0.509. The summed E-state index contributed by atoms with van der Waals surface area (Å²) in [7, 11) is 4.03. The van der Waals surface area contributed by atoms with Gasteiger partial charge in [0.2, 0.25) is 22.9 Å². The van der Waals surface area contributed by atoms with E-state index in [0.29, 0.717) is 73.2 Å². The van der Waals surface area contributed by atoms with E-state index in [-0.39, 0.29) is 62.1 Å². The molecule has 3 aromatic carbocycles. The first kappa shape index (κ1) is 78.0. The standard InChI is InChI=1S/C23H29N5O3.C21H28N4O2.C20H25ClN4O.C3H3ClO.CH3O.2CH4.Na/c1-5-21(30)27-8-9-28(16(3)11-27)22-19-13-26(14-20(19)23(31-4)25-24-22)12-17-10-18(29)7-6-15(17)2;1-14-7-8-17(26)10-16(14)11-24-12-18-19(13-24)21(27-3)23-22-20(18)25-9-5-4-6-15(25)2;1-13-6-7-16(26)9-15(13)10-24-11-17-18(12-24)20(23-22-19(17)21)25-8-4-3-5-14(25)2;1-2-3(4)5;1-2;;;/h5-7,10,16,29H,1,8-9,11-14H2,2-4H3;7-8,10,15,26H,4-6,9,11-13H2,1-3H3;6-7,9,14,26H,3-5,8,10-12H2,1-2H3;2H,1H2;1H3;2*1H4;/q;;;;-1;;;+1/t16-;15-;14-;;;;;/m000...../s1. The number of anilines is 3. The van der Waals surface area contributed by atoms with Crippen molar-refractivity contribution in [1.82, 2.24) is 50.2 Å². The molecule has 6 aliphatic heterocycles. The summed E-state index contributed by atoms with van der Waals surface area (Å²) in [5.74, 6) is 4.95. The van der Waals surface area contributed by atoms with Crippen molar-refractivity contribution < 1.29 is 69.0 Å². The number of hydrogen-bond acceptors (Lipinski definition) is 20. The molecule has 3 N–H and O–H groups in total. The summed E-state index contributed by atoms with van der Waals surface area (Å²) < 4.78 is 11.0. The number of benzene rings is 3. The third kappa shape index (κ3) is 19.1. The van der Waals surface area contributed by atoms with Gasteiger partial charge in [0.25, 0.3) is 0 Å². The topological polar surface area (TPSA) is 236 Å². The molecule has 3 atom stereocenters. The van der Waals surface area contributed by atoms with Crippen LogP contribution in [0, 0.1) is 20.8 Å². The summed E-state index contributed by atoms with van der Waals surface area (Å²) in [4.78, 5) is 37.4. The van der Waals surface area contributed by atoms with Crippen LogP contribution in [0.4, 0.5) is 17.5 Å². The van der Waals surface area contributed by atoms with Gasteiger partial charge in [0.15, 0.2) is 22.6 Å². The molecule has 0 radical (unpaired) electrons. The molecule has 6 aliphatic rings. The third-order valence-electron chi connectivity index (χ3n) is 17.9. The van der Waals surface area contributed by atoms with E-state index in [1.165, 1.54) is 66.9 Å². The van der Waals surface area contributed by atoms with Gasteiger partial charge in [0, 0.05) is 143 Å². The molecular formula is C70H96Cl2N13NaO8. The van der Waals surface area contributed by atoms with Gasteiger partial charge in [0.1, 0.15) is 17.2 Å². The molecule has 0 saturated carbocycles. The van der Waals surface area contributed by atoms with Crippen LogP contribution in [0.5, 0.6) is 29.0 Å². The van der Waals surface area contributed by atoms with Crippen LogP contribution in [0.1, 0.15) is 141 Å². The van der Waals surface area contributed by atoms with Gasteiger partial charge in [-0.15, -0.1) is 30.6 Å². The van der Waals surface area contributed by atoms with E-state index in [2.05, 4.69) is 115 Å². The van der Waals surface area contributed by atoms with Crippen LogP contribution in [0.25, 0.3) is 0 Å². The fourth-order valence-corrected chi connectivity index (χ4v) is 13.1. The van der Waals surface area contributed by atoms with Crippen molar-refractivity contribution in [2.24, 2.45) is 0 Å². The van der Waals surface area contributed by atoms with Crippen LogP contribution in [-0.4, -0.2) is 149 Å². The van der Waals surface area contributed by atoms with Crippen LogP contribution in [0.15, 0.2) is 79.9 Å². The fourth-order valence-electron chi connectivity index (χ4n) is 12.9. The summed E-state index contributed by atoms with van der Waals surface area (Å²) in [6.45, 7) is 30.5. The zero-order chi connectivity index (χ0) is 65.6. The molecule has 3 aromatic heterocycles. The Morgan fingerprint density at radius 1 is 0.543 bits per heavy atom. The molecule has 3 fully saturated rings. The number of allylic oxidation sites excluding steroid dienone is 1. The number of aromatic nitrogens is 6. The molecule has 504 valence electrons. The van der Waals surface area contributed by atoms with Gasteiger partial charge in [0.05, 0.1) is 14.2 Å². The Morgan fingerprint density at radius 3 is 1.24 bits per heavy atom. The normalized spacial score (nSPS) is 18.0. The maximum absolute atomic E-state index is 12.0. The zero-order valence-electron chi connectivity index (χ0n) is 55.1. The number of fused-ring (bicyclic) bond motifs is 3. The quantitative estimate of drug-likeness (QED) is 0.0567. The second-order valence-electron chi connectivity index (χ2n) is 24.1. The third-order valence-corrected chi connectivity index (χ3v) is 18.4. The summed E-state index contributed by atoms with van der Waals surface area (Å²) in [6, 6.07) is 17.7. The van der Waals surface area contributed by atoms with E-state index in [4.69, 9.17) is 37.8 Å². The molecule has 6 aromatic rings. The van der Waals surface area contributed by atoms with E-state index in [9.17, 15) is 24.9 Å². The van der Waals surface area contributed by atoms with Crippen LogP contribution in [-0.2, 0) is 68.5 Å². The number of aryl methyl sites for hydroxylation is 3. The second kappa shape index (κ2) is 36.5. The number of aromatic hydroxyl groups is 3. The van der Waals surface area contributed by atoms with Crippen molar-refractivity contribution in [2.45, 2.75) is 172 Å². The summed E-state index contributed by atoms with van der Waals surface area (Å²) in [5.41, 5.74) is 13.8. The van der Waals surface area contributed by atoms with Crippen molar-refractivity contribution in [2.75, 3.05) is 68.8 Å². The van der Waals surface area contributed by atoms with E-state index in [1.54, 1.807) is 32.4 Å². The molecule has 12 rings (SSSR count). The molecule has 24 heteroatoms. The number of carbonyl (C=O) groups excluding carboxylic acids is 2. The Morgan fingerprint density at radius 2 is 0.894 bits per heavy atom. The average molecular weight is 1340 g/mol. The molecule has 21 nitrogen and oxygen atoms in total. The predicted octanol–water partition coefficient (Wildman–Crippen LogP) is 7.86. The Balaban J connectivity index is 0.000000240. The smallest absolute Gasteiger partial charge is 0.857 e. The Hall–Kier alpha value is -6.66. The summed E-state index contributed by atoms with van der Waals surface area (Å²) >= 11 is 11.1. The number of methoxy groups -OCH3 is 2. The van der Waals surface area contributed by atoms with Crippen LogP contribution in [0.3, 0.4) is 0 Å².